The van der Waals surface area contributed by atoms with Crippen molar-refractivity contribution < 1.29 is 19.4 Å². The summed E-state index contributed by atoms with van der Waals surface area (Å²) in [7, 11) is 0. The normalized spacial score (nSPS) is 10.0. The van der Waals surface area contributed by atoms with Gasteiger partial charge in [-0.15, -0.1) is 0 Å². The number of aromatic carboxylic acids is 1. The highest BCUT2D eigenvalue weighted by Crippen LogP contribution is 2.03. The molecule has 2 aromatic rings. The Morgan fingerprint density at radius 3 is 2.75 bits per heavy atom. The number of ether oxygens (including phenoxy) is 1. The number of aromatic amines is 1. The van der Waals surface area contributed by atoms with Crippen molar-refractivity contribution in [3.8, 4) is 0 Å². The number of amides is 1. The number of alkyl carbamates (subject to hydrolysis) is 1. The van der Waals surface area contributed by atoms with Crippen molar-refractivity contribution in [3.05, 3.63) is 53.6 Å². The van der Waals surface area contributed by atoms with Gasteiger partial charge in [-0.1, -0.05) is 30.3 Å². The number of carbonyl (C=O) groups is 2. The van der Waals surface area contributed by atoms with Crippen molar-refractivity contribution in [1.82, 2.24) is 15.3 Å². The molecule has 7 heteroatoms. The number of nitrogens with one attached hydrogen (secondary N) is 2. The van der Waals surface area contributed by atoms with Gasteiger partial charge in [-0.05, 0) is 5.56 Å². The third-order valence-electron chi connectivity index (χ3n) is 2.54. The predicted molar refractivity (Wildman–Crippen MR) is 69.0 cm³/mol. The van der Waals surface area contributed by atoms with Gasteiger partial charge in [0.05, 0.1) is 18.6 Å². The average Bonchev–Trinajstić information content (AvgIpc) is 2.92. The first-order valence-corrected chi connectivity index (χ1v) is 5.87. The molecule has 0 spiro atoms. The van der Waals surface area contributed by atoms with E-state index >= 15 is 0 Å². The minimum absolute atomic E-state index is 0.00918. The number of aromatic nitrogens is 2. The summed E-state index contributed by atoms with van der Waals surface area (Å²) in [6.07, 6.45) is 0.634. The van der Waals surface area contributed by atoms with Crippen LogP contribution in [0.2, 0.25) is 0 Å². The van der Waals surface area contributed by atoms with Crippen molar-refractivity contribution in [3.63, 3.8) is 0 Å². The maximum absolute atomic E-state index is 11.5. The number of hydrogen-bond donors (Lipinski definition) is 3. The molecule has 104 valence electrons. The fourth-order valence-electron chi connectivity index (χ4n) is 1.57. The Balaban J connectivity index is 1.80. The topological polar surface area (TPSA) is 104 Å². The van der Waals surface area contributed by atoms with Crippen LogP contribution in [0.4, 0.5) is 4.79 Å². The maximum atomic E-state index is 11.5. The van der Waals surface area contributed by atoms with Crippen LogP contribution in [0.1, 0.15) is 21.7 Å². The van der Waals surface area contributed by atoms with Crippen LogP contribution in [0.3, 0.4) is 0 Å². The number of imidazole rings is 1. The predicted octanol–water partition coefficient (Wildman–Crippen LogP) is 1.53. The molecule has 0 radical (unpaired) electrons. The van der Waals surface area contributed by atoms with E-state index in [2.05, 4.69) is 15.3 Å². The number of H-pyrrole nitrogens is 1. The van der Waals surface area contributed by atoms with Crippen molar-refractivity contribution in [1.29, 1.82) is 0 Å². The quantitative estimate of drug-likeness (QED) is 0.767. The summed E-state index contributed by atoms with van der Waals surface area (Å²) in [6.45, 7) is 0.163. The van der Waals surface area contributed by atoms with Gasteiger partial charge in [0.15, 0.2) is 5.69 Å². The SMILES string of the molecule is O=C(NCc1[nH]cnc1C(=O)O)OCc1ccccc1. The molecule has 0 saturated carbocycles. The summed E-state index contributed by atoms with van der Waals surface area (Å²) in [5.41, 5.74) is 1.07. The molecule has 1 aromatic heterocycles. The van der Waals surface area contributed by atoms with Gasteiger partial charge >= 0.3 is 12.1 Å². The molecule has 3 N–H and O–H groups in total. The fourth-order valence-corrected chi connectivity index (χ4v) is 1.57. The van der Waals surface area contributed by atoms with Gasteiger partial charge in [0, 0.05) is 0 Å². The Hall–Kier alpha value is -2.83. The van der Waals surface area contributed by atoms with Crippen LogP contribution >= 0.6 is 0 Å². The molecule has 1 heterocycles. The van der Waals surface area contributed by atoms with Crippen LogP contribution in [0.5, 0.6) is 0 Å². The lowest BCUT2D eigenvalue weighted by atomic mass is 10.2. The monoisotopic (exact) mass is 275 g/mol. The number of nitrogens with zero attached hydrogens (tertiary/aromatic N) is 1. The summed E-state index contributed by atoms with van der Waals surface area (Å²) in [6, 6.07) is 9.24. The van der Waals surface area contributed by atoms with E-state index in [1.807, 2.05) is 30.3 Å². The second-order valence-corrected chi connectivity index (χ2v) is 3.95. The molecular weight excluding hydrogens is 262 g/mol. The molecule has 0 bridgehead atoms. The Morgan fingerprint density at radius 1 is 1.30 bits per heavy atom. The van der Waals surface area contributed by atoms with E-state index in [4.69, 9.17) is 9.84 Å². The highest BCUT2D eigenvalue weighted by atomic mass is 16.5. The van der Waals surface area contributed by atoms with Crippen LogP contribution in [-0.4, -0.2) is 27.1 Å². The van der Waals surface area contributed by atoms with Crippen LogP contribution < -0.4 is 5.32 Å². The van der Waals surface area contributed by atoms with Crippen LogP contribution in [0, 0.1) is 0 Å². The smallest absolute Gasteiger partial charge is 0.407 e. The Labute approximate surface area is 114 Å². The van der Waals surface area contributed by atoms with Crippen molar-refractivity contribution in [2.45, 2.75) is 13.2 Å². The minimum Gasteiger partial charge on any atom is -0.476 e. The van der Waals surface area contributed by atoms with Gasteiger partial charge in [0.2, 0.25) is 0 Å². The molecule has 0 aliphatic carbocycles. The zero-order chi connectivity index (χ0) is 14.4. The minimum atomic E-state index is -1.15. The summed E-state index contributed by atoms with van der Waals surface area (Å²) in [5.74, 6) is -1.15. The first-order valence-electron chi connectivity index (χ1n) is 5.87. The third-order valence-corrected chi connectivity index (χ3v) is 2.54. The summed E-state index contributed by atoms with van der Waals surface area (Å²) in [5, 5.41) is 11.3. The first-order chi connectivity index (χ1) is 9.66. The lowest BCUT2D eigenvalue weighted by Crippen LogP contribution is -2.24. The van der Waals surface area contributed by atoms with Crippen LogP contribution in [-0.2, 0) is 17.9 Å². The standard InChI is InChI=1S/C13H13N3O4/c17-12(18)11-10(15-8-16-11)6-14-13(19)20-7-9-4-2-1-3-5-9/h1-5,8H,6-7H2,(H,14,19)(H,15,16)(H,17,18). The van der Waals surface area contributed by atoms with Gasteiger partial charge in [0.25, 0.3) is 0 Å². The Bertz CT molecular complexity index is 595. The van der Waals surface area contributed by atoms with E-state index in [1.165, 1.54) is 6.33 Å². The summed E-state index contributed by atoms with van der Waals surface area (Å²) >= 11 is 0. The van der Waals surface area contributed by atoms with Crippen molar-refractivity contribution in [2.24, 2.45) is 0 Å². The fraction of sp³-hybridized carbons (Fsp3) is 0.154. The molecule has 2 rings (SSSR count). The molecular formula is C13H13N3O4. The number of hydrogen-bond acceptors (Lipinski definition) is 4. The third kappa shape index (κ3) is 3.58. The van der Waals surface area contributed by atoms with Gasteiger partial charge in [-0.3, -0.25) is 0 Å². The van der Waals surface area contributed by atoms with Gasteiger partial charge < -0.3 is 20.1 Å². The van der Waals surface area contributed by atoms with Crippen LogP contribution in [0.15, 0.2) is 36.7 Å². The summed E-state index contributed by atoms with van der Waals surface area (Å²) in [4.78, 5) is 28.6. The largest absolute Gasteiger partial charge is 0.476 e. The van der Waals surface area contributed by atoms with E-state index in [-0.39, 0.29) is 18.8 Å². The summed E-state index contributed by atoms with van der Waals surface area (Å²) < 4.78 is 4.99. The average molecular weight is 275 g/mol. The molecule has 0 atom stereocenters. The second kappa shape index (κ2) is 6.37. The first kappa shape index (κ1) is 13.6. The van der Waals surface area contributed by atoms with E-state index in [0.717, 1.165) is 5.56 Å². The number of carboxylic acid groups (broad SMARTS) is 1. The number of carboxylic acids is 1. The molecule has 20 heavy (non-hydrogen) atoms. The van der Waals surface area contributed by atoms with Crippen molar-refractivity contribution >= 4 is 12.1 Å². The molecule has 7 nitrogen and oxygen atoms in total. The Kier molecular flexibility index (Phi) is 4.33. The number of benzene rings is 1. The van der Waals surface area contributed by atoms with E-state index in [9.17, 15) is 9.59 Å². The Morgan fingerprint density at radius 2 is 2.05 bits per heavy atom. The lowest BCUT2D eigenvalue weighted by Gasteiger charge is -2.06. The van der Waals surface area contributed by atoms with Gasteiger partial charge in [0.1, 0.15) is 6.61 Å². The number of carbonyl (C=O) groups excluding carboxylic acids is 1. The van der Waals surface area contributed by atoms with Gasteiger partial charge in [-0.25, -0.2) is 14.6 Å². The molecule has 1 aromatic carbocycles. The second-order valence-electron chi connectivity index (χ2n) is 3.95. The van der Waals surface area contributed by atoms with E-state index in [0.29, 0.717) is 5.69 Å². The highest BCUT2D eigenvalue weighted by Gasteiger charge is 2.13. The number of rotatable bonds is 5. The molecule has 0 aliphatic rings. The van der Waals surface area contributed by atoms with Crippen molar-refractivity contribution in [2.75, 3.05) is 0 Å². The zero-order valence-corrected chi connectivity index (χ0v) is 10.5. The molecule has 0 aliphatic heterocycles. The highest BCUT2D eigenvalue weighted by molar-refractivity contribution is 5.86. The maximum Gasteiger partial charge on any atom is 0.407 e. The lowest BCUT2D eigenvalue weighted by molar-refractivity contribution is 0.0689. The van der Waals surface area contributed by atoms with Gasteiger partial charge in [-0.2, -0.15) is 0 Å². The molecule has 0 unspecified atom stereocenters. The molecule has 0 fully saturated rings. The molecule has 1 amide bonds. The molecule has 0 saturated heterocycles. The van der Waals surface area contributed by atoms with E-state index < -0.39 is 12.1 Å². The van der Waals surface area contributed by atoms with Crippen LogP contribution in [0.25, 0.3) is 0 Å². The zero-order valence-electron chi connectivity index (χ0n) is 10.5. The van der Waals surface area contributed by atoms with E-state index in [1.54, 1.807) is 0 Å².